The first-order valence-electron chi connectivity index (χ1n) is 6.20. The van der Waals surface area contributed by atoms with Crippen molar-refractivity contribution in [3.05, 3.63) is 34.1 Å². The van der Waals surface area contributed by atoms with E-state index in [0.717, 1.165) is 18.4 Å². The summed E-state index contributed by atoms with van der Waals surface area (Å²) in [6, 6.07) is 4.68. The molecule has 1 unspecified atom stereocenters. The standard InChI is InChI=1S/C14H16BrFO2/c1-2-18-14(10-4-5-10)13(17)8-9-3-6-12(16)11(15)7-9/h3,6-7,10,14H,2,4-5,8H2,1H3. The molecule has 0 aliphatic heterocycles. The fourth-order valence-corrected chi connectivity index (χ4v) is 2.45. The number of hydrogen-bond donors (Lipinski definition) is 0. The minimum atomic E-state index is -0.310. The average molecular weight is 315 g/mol. The summed E-state index contributed by atoms with van der Waals surface area (Å²) in [7, 11) is 0. The molecule has 0 N–H and O–H groups in total. The van der Waals surface area contributed by atoms with E-state index in [-0.39, 0.29) is 17.7 Å². The maximum atomic E-state index is 13.1. The Morgan fingerprint density at radius 2 is 2.28 bits per heavy atom. The van der Waals surface area contributed by atoms with Crippen LogP contribution >= 0.6 is 15.9 Å². The number of ether oxygens (including phenoxy) is 1. The Kier molecular flexibility index (Phi) is 4.51. The highest BCUT2D eigenvalue weighted by molar-refractivity contribution is 9.10. The number of hydrogen-bond acceptors (Lipinski definition) is 2. The minimum absolute atomic E-state index is 0.0952. The largest absolute Gasteiger partial charge is 0.370 e. The fraction of sp³-hybridized carbons (Fsp3) is 0.500. The third-order valence-corrected chi connectivity index (χ3v) is 3.68. The normalized spacial score (nSPS) is 16.6. The molecule has 0 saturated heterocycles. The SMILES string of the molecule is CCOC(C(=O)Cc1ccc(F)c(Br)c1)C1CC1. The van der Waals surface area contributed by atoms with E-state index in [2.05, 4.69) is 15.9 Å². The highest BCUT2D eigenvalue weighted by Crippen LogP contribution is 2.35. The molecule has 2 nitrogen and oxygen atoms in total. The predicted molar refractivity (Wildman–Crippen MR) is 70.9 cm³/mol. The summed E-state index contributed by atoms with van der Waals surface area (Å²) < 4.78 is 19.0. The van der Waals surface area contributed by atoms with Crippen LogP contribution in [-0.2, 0) is 16.0 Å². The molecule has 0 amide bonds. The van der Waals surface area contributed by atoms with Crippen molar-refractivity contribution >= 4 is 21.7 Å². The number of rotatable bonds is 6. The first kappa shape index (κ1) is 13.7. The zero-order chi connectivity index (χ0) is 13.1. The zero-order valence-corrected chi connectivity index (χ0v) is 11.9. The minimum Gasteiger partial charge on any atom is -0.370 e. The van der Waals surface area contributed by atoms with Gasteiger partial charge in [0.1, 0.15) is 11.9 Å². The number of carbonyl (C=O) groups excluding carboxylic acids is 1. The van der Waals surface area contributed by atoms with Crippen LogP contribution in [0.4, 0.5) is 4.39 Å². The van der Waals surface area contributed by atoms with Crippen molar-refractivity contribution in [2.45, 2.75) is 32.3 Å². The molecule has 0 aromatic heterocycles. The topological polar surface area (TPSA) is 26.3 Å². The molecule has 1 aliphatic rings. The van der Waals surface area contributed by atoms with E-state index in [0.29, 0.717) is 23.4 Å². The molecule has 18 heavy (non-hydrogen) atoms. The number of Topliss-reactive ketones (excluding diaryl/α,β-unsaturated/α-hetero) is 1. The summed E-state index contributed by atoms with van der Waals surface area (Å²) in [5, 5.41) is 0. The van der Waals surface area contributed by atoms with Crippen LogP contribution in [0.15, 0.2) is 22.7 Å². The molecular weight excluding hydrogens is 299 g/mol. The van der Waals surface area contributed by atoms with Gasteiger partial charge in [-0.2, -0.15) is 0 Å². The van der Waals surface area contributed by atoms with Gasteiger partial charge in [-0.1, -0.05) is 6.07 Å². The van der Waals surface area contributed by atoms with Gasteiger partial charge in [-0.05, 0) is 59.3 Å². The van der Waals surface area contributed by atoms with Gasteiger partial charge < -0.3 is 4.74 Å². The van der Waals surface area contributed by atoms with Crippen LogP contribution in [0.2, 0.25) is 0 Å². The van der Waals surface area contributed by atoms with Crippen molar-refractivity contribution in [1.82, 2.24) is 0 Å². The lowest BCUT2D eigenvalue weighted by molar-refractivity contribution is -0.130. The van der Waals surface area contributed by atoms with Crippen molar-refractivity contribution in [2.75, 3.05) is 6.61 Å². The lowest BCUT2D eigenvalue weighted by Crippen LogP contribution is -2.28. The van der Waals surface area contributed by atoms with Crippen LogP contribution in [0.5, 0.6) is 0 Å². The van der Waals surface area contributed by atoms with Crippen molar-refractivity contribution in [2.24, 2.45) is 5.92 Å². The molecule has 0 spiro atoms. The summed E-state index contributed by atoms with van der Waals surface area (Å²) in [4.78, 5) is 12.1. The van der Waals surface area contributed by atoms with Crippen molar-refractivity contribution in [3.8, 4) is 0 Å². The van der Waals surface area contributed by atoms with Crippen LogP contribution in [0.3, 0.4) is 0 Å². The second-order valence-corrected chi connectivity index (χ2v) is 5.46. The third kappa shape index (κ3) is 3.39. The maximum absolute atomic E-state index is 13.1. The monoisotopic (exact) mass is 314 g/mol. The highest BCUT2D eigenvalue weighted by atomic mass is 79.9. The Morgan fingerprint density at radius 3 is 2.83 bits per heavy atom. The quantitative estimate of drug-likeness (QED) is 0.803. The van der Waals surface area contributed by atoms with E-state index in [9.17, 15) is 9.18 Å². The van der Waals surface area contributed by atoms with E-state index < -0.39 is 0 Å². The molecule has 1 atom stereocenters. The van der Waals surface area contributed by atoms with Crippen LogP contribution in [-0.4, -0.2) is 18.5 Å². The number of ketones is 1. The Balaban J connectivity index is 2.02. The van der Waals surface area contributed by atoms with Gasteiger partial charge in [0, 0.05) is 13.0 Å². The fourth-order valence-electron chi connectivity index (χ4n) is 2.02. The molecule has 0 bridgehead atoms. The Morgan fingerprint density at radius 1 is 1.56 bits per heavy atom. The van der Waals surface area contributed by atoms with Gasteiger partial charge in [-0.25, -0.2) is 4.39 Å². The van der Waals surface area contributed by atoms with Crippen LogP contribution in [0.1, 0.15) is 25.3 Å². The number of benzene rings is 1. The van der Waals surface area contributed by atoms with Crippen molar-refractivity contribution < 1.29 is 13.9 Å². The van der Waals surface area contributed by atoms with Crippen LogP contribution < -0.4 is 0 Å². The van der Waals surface area contributed by atoms with Gasteiger partial charge >= 0.3 is 0 Å². The summed E-state index contributed by atoms with van der Waals surface area (Å²) in [6.07, 6.45) is 2.17. The highest BCUT2D eigenvalue weighted by Gasteiger charge is 2.36. The molecule has 1 fully saturated rings. The number of carbonyl (C=O) groups is 1. The van der Waals surface area contributed by atoms with Gasteiger partial charge in [-0.3, -0.25) is 4.79 Å². The van der Waals surface area contributed by atoms with Gasteiger partial charge in [-0.15, -0.1) is 0 Å². The smallest absolute Gasteiger partial charge is 0.166 e. The molecule has 1 aliphatic carbocycles. The molecule has 0 radical (unpaired) electrons. The van der Waals surface area contributed by atoms with Gasteiger partial charge in [0.05, 0.1) is 4.47 Å². The molecule has 4 heteroatoms. The summed E-state index contributed by atoms with van der Waals surface area (Å²) in [5.41, 5.74) is 0.818. The first-order chi connectivity index (χ1) is 8.61. The maximum Gasteiger partial charge on any atom is 0.166 e. The zero-order valence-electron chi connectivity index (χ0n) is 10.3. The molecule has 1 aromatic carbocycles. The van der Waals surface area contributed by atoms with Crippen LogP contribution in [0, 0.1) is 11.7 Å². The second kappa shape index (κ2) is 5.93. The van der Waals surface area contributed by atoms with Crippen molar-refractivity contribution in [1.29, 1.82) is 0 Å². The lowest BCUT2D eigenvalue weighted by Gasteiger charge is -2.15. The summed E-state index contributed by atoms with van der Waals surface area (Å²) >= 11 is 3.13. The second-order valence-electron chi connectivity index (χ2n) is 4.60. The van der Waals surface area contributed by atoms with Gasteiger partial charge in [0.15, 0.2) is 5.78 Å². The average Bonchev–Trinajstić information content (AvgIpc) is 3.15. The summed E-state index contributed by atoms with van der Waals surface area (Å²) in [6.45, 7) is 2.46. The molecule has 1 saturated carbocycles. The third-order valence-electron chi connectivity index (χ3n) is 3.08. The van der Waals surface area contributed by atoms with E-state index in [4.69, 9.17) is 4.74 Å². The summed E-state index contributed by atoms with van der Waals surface area (Å²) in [5.74, 6) is 0.175. The molecule has 98 valence electrons. The molecular formula is C14H16BrFO2. The Labute approximate surface area is 115 Å². The van der Waals surface area contributed by atoms with Crippen molar-refractivity contribution in [3.63, 3.8) is 0 Å². The Hall–Kier alpha value is -0.740. The molecule has 2 rings (SSSR count). The molecule has 0 heterocycles. The Bertz CT molecular complexity index is 443. The van der Waals surface area contributed by atoms with Gasteiger partial charge in [0.25, 0.3) is 0 Å². The lowest BCUT2D eigenvalue weighted by atomic mass is 10.0. The van der Waals surface area contributed by atoms with E-state index in [1.807, 2.05) is 6.92 Å². The number of halogens is 2. The van der Waals surface area contributed by atoms with E-state index in [1.165, 1.54) is 6.07 Å². The molecule has 1 aromatic rings. The van der Waals surface area contributed by atoms with Crippen LogP contribution in [0.25, 0.3) is 0 Å². The predicted octanol–water partition coefficient (Wildman–Crippen LogP) is 3.51. The van der Waals surface area contributed by atoms with E-state index in [1.54, 1.807) is 12.1 Å². The van der Waals surface area contributed by atoms with Gasteiger partial charge in [0.2, 0.25) is 0 Å². The first-order valence-corrected chi connectivity index (χ1v) is 6.99. The van der Waals surface area contributed by atoms with E-state index >= 15 is 0 Å².